The van der Waals surface area contributed by atoms with Crippen molar-refractivity contribution in [3.8, 4) is 5.75 Å². The van der Waals surface area contributed by atoms with Crippen LogP contribution < -0.4 is 10.1 Å². The molecular formula is C13H19N3O3. The van der Waals surface area contributed by atoms with Crippen LogP contribution >= 0.6 is 0 Å². The van der Waals surface area contributed by atoms with Crippen molar-refractivity contribution in [1.29, 1.82) is 0 Å². The fraction of sp³-hybridized carbons (Fsp3) is 0.538. The van der Waals surface area contributed by atoms with Crippen molar-refractivity contribution in [3.63, 3.8) is 0 Å². The number of nitrogens with zero attached hydrogens (tertiary/aromatic N) is 2. The molecular weight excluding hydrogens is 246 g/mol. The van der Waals surface area contributed by atoms with E-state index in [2.05, 4.69) is 10.3 Å². The third-order valence-corrected chi connectivity index (χ3v) is 3.03. The van der Waals surface area contributed by atoms with Gasteiger partial charge in [0.15, 0.2) is 0 Å². The van der Waals surface area contributed by atoms with Crippen LogP contribution in [0, 0.1) is 0 Å². The van der Waals surface area contributed by atoms with Crippen LogP contribution in [0.4, 0.5) is 5.82 Å². The molecule has 0 radical (unpaired) electrons. The maximum Gasteiger partial charge on any atom is 0.244 e. The van der Waals surface area contributed by atoms with Gasteiger partial charge in [0.05, 0.1) is 26.5 Å². The van der Waals surface area contributed by atoms with Crippen molar-refractivity contribution >= 4 is 11.7 Å². The second kappa shape index (κ2) is 6.38. The number of amides is 1. The van der Waals surface area contributed by atoms with Crippen LogP contribution in [-0.4, -0.2) is 55.2 Å². The summed E-state index contributed by atoms with van der Waals surface area (Å²) in [6, 6.07) is 3.29. The van der Waals surface area contributed by atoms with E-state index in [1.165, 1.54) is 0 Å². The van der Waals surface area contributed by atoms with E-state index in [4.69, 9.17) is 9.47 Å². The van der Waals surface area contributed by atoms with E-state index < -0.39 is 0 Å². The molecule has 1 aliphatic rings. The molecule has 19 heavy (non-hydrogen) atoms. The van der Waals surface area contributed by atoms with E-state index in [0.717, 1.165) is 0 Å². The Hall–Kier alpha value is -1.82. The predicted octanol–water partition coefficient (Wildman–Crippen LogP) is 0.749. The van der Waals surface area contributed by atoms with Gasteiger partial charge in [-0.15, -0.1) is 0 Å². The number of ether oxygens (including phenoxy) is 2. The number of hydrogen-bond acceptors (Lipinski definition) is 5. The summed E-state index contributed by atoms with van der Waals surface area (Å²) in [5.41, 5.74) is 0. The van der Waals surface area contributed by atoms with Gasteiger partial charge in [0.2, 0.25) is 5.91 Å². The van der Waals surface area contributed by atoms with Gasteiger partial charge in [-0.05, 0) is 19.1 Å². The van der Waals surface area contributed by atoms with Crippen LogP contribution in [0.2, 0.25) is 0 Å². The monoisotopic (exact) mass is 265 g/mol. The zero-order valence-corrected chi connectivity index (χ0v) is 11.3. The number of methoxy groups -OCH3 is 1. The van der Waals surface area contributed by atoms with Crippen LogP contribution in [0.5, 0.6) is 5.75 Å². The number of anilines is 1. The molecule has 1 amide bonds. The van der Waals surface area contributed by atoms with Crippen molar-refractivity contribution in [3.05, 3.63) is 18.3 Å². The lowest BCUT2D eigenvalue weighted by Gasteiger charge is -2.29. The summed E-state index contributed by atoms with van der Waals surface area (Å²) >= 11 is 0. The van der Waals surface area contributed by atoms with Gasteiger partial charge >= 0.3 is 0 Å². The third kappa shape index (κ3) is 3.57. The number of hydrogen-bond donors (Lipinski definition) is 1. The van der Waals surface area contributed by atoms with Gasteiger partial charge in [0, 0.05) is 13.1 Å². The molecule has 6 heteroatoms. The average molecular weight is 265 g/mol. The number of pyridine rings is 1. The molecule has 1 atom stereocenters. The van der Waals surface area contributed by atoms with Crippen LogP contribution in [0.25, 0.3) is 0 Å². The molecule has 1 aromatic rings. The Morgan fingerprint density at radius 2 is 2.21 bits per heavy atom. The van der Waals surface area contributed by atoms with Gasteiger partial charge in [-0.25, -0.2) is 4.98 Å². The van der Waals surface area contributed by atoms with E-state index in [1.54, 1.807) is 25.4 Å². The van der Waals surface area contributed by atoms with Crippen LogP contribution in [0.1, 0.15) is 6.92 Å². The molecule has 0 bridgehead atoms. The Morgan fingerprint density at radius 1 is 1.47 bits per heavy atom. The smallest absolute Gasteiger partial charge is 0.244 e. The minimum Gasteiger partial charge on any atom is -0.495 e. The summed E-state index contributed by atoms with van der Waals surface area (Å²) < 4.78 is 10.3. The number of carbonyl (C=O) groups excluding carboxylic acids is 1. The molecule has 2 rings (SSSR count). The van der Waals surface area contributed by atoms with E-state index in [9.17, 15) is 4.79 Å². The van der Waals surface area contributed by atoms with Crippen molar-refractivity contribution in [1.82, 2.24) is 9.88 Å². The summed E-state index contributed by atoms with van der Waals surface area (Å²) in [6.07, 6.45) is 1.62. The molecule has 0 aromatic carbocycles. The van der Waals surface area contributed by atoms with Crippen LogP contribution in [-0.2, 0) is 9.53 Å². The zero-order valence-electron chi connectivity index (χ0n) is 11.3. The molecule has 1 unspecified atom stereocenters. The first-order valence-corrected chi connectivity index (χ1v) is 6.34. The molecule has 1 fully saturated rings. The molecule has 0 saturated carbocycles. The zero-order chi connectivity index (χ0) is 13.7. The summed E-state index contributed by atoms with van der Waals surface area (Å²) in [6.45, 7) is 4.37. The second-order valence-electron chi connectivity index (χ2n) is 4.39. The Balaban J connectivity index is 1.91. The highest BCUT2D eigenvalue weighted by molar-refractivity contribution is 5.84. The Morgan fingerprint density at radius 3 is 2.79 bits per heavy atom. The molecule has 0 aliphatic carbocycles. The standard InChI is InChI=1S/C13H19N3O3/c1-10(13(17)16-5-7-19-8-6-16)15-12-4-3-11(18-2)9-14-12/h3-4,9-10H,5-8H2,1-2H3,(H,14,15). The number of aromatic nitrogens is 1. The summed E-state index contributed by atoms with van der Waals surface area (Å²) in [5.74, 6) is 1.42. The molecule has 104 valence electrons. The predicted molar refractivity (Wildman–Crippen MR) is 71.3 cm³/mol. The fourth-order valence-electron chi connectivity index (χ4n) is 1.93. The molecule has 0 spiro atoms. The summed E-state index contributed by atoms with van der Waals surface area (Å²) in [7, 11) is 1.59. The van der Waals surface area contributed by atoms with Gasteiger partial charge in [-0.3, -0.25) is 4.79 Å². The lowest BCUT2D eigenvalue weighted by Crippen LogP contribution is -2.47. The maximum absolute atomic E-state index is 12.2. The van der Waals surface area contributed by atoms with Crippen molar-refractivity contribution in [2.24, 2.45) is 0 Å². The number of nitrogens with one attached hydrogen (secondary N) is 1. The molecule has 1 N–H and O–H groups in total. The van der Waals surface area contributed by atoms with E-state index in [-0.39, 0.29) is 11.9 Å². The minimum absolute atomic E-state index is 0.0703. The number of rotatable bonds is 4. The van der Waals surface area contributed by atoms with E-state index in [0.29, 0.717) is 37.9 Å². The van der Waals surface area contributed by atoms with E-state index >= 15 is 0 Å². The van der Waals surface area contributed by atoms with Gasteiger partial charge in [0.1, 0.15) is 17.6 Å². The highest BCUT2D eigenvalue weighted by Crippen LogP contribution is 2.12. The first-order chi connectivity index (χ1) is 9.20. The second-order valence-corrected chi connectivity index (χ2v) is 4.39. The average Bonchev–Trinajstić information content (AvgIpc) is 2.48. The van der Waals surface area contributed by atoms with Crippen LogP contribution in [0.15, 0.2) is 18.3 Å². The lowest BCUT2D eigenvalue weighted by atomic mass is 10.2. The first kappa shape index (κ1) is 13.6. The largest absolute Gasteiger partial charge is 0.495 e. The Kier molecular flexibility index (Phi) is 4.57. The number of morpholine rings is 1. The molecule has 1 aliphatic heterocycles. The van der Waals surface area contributed by atoms with Gasteiger partial charge in [-0.2, -0.15) is 0 Å². The quantitative estimate of drug-likeness (QED) is 0.870. The first-order valence-electron chi connectivity index (χ1n) is 6.34. The van der Waals surface area contributed by atoms with Gasteiger partial charge < -0.3 is 19.7 Å². The van der Waals surface area contributed by atoms with Gasteiger partial charge in [-0.1, -0.05) is 0 Å². The Labute approximate surface area is 112 Å². The van der Waals surface area contributed by atoms with Crippen molar-refractivity contribution in [2.75, 3.05) is 38.7 Å². The SMILES string of the molecule is COc1ccc(NC(C)C(=O)N2CCOCC2)nc1. The maximum atomic E-state index is 12.2. The van der Waals surface area contributed by atoms with E-state index in [1.807, 2.05) is 11.8 Å². The molecule has 2 heterocycles. The number of carbonyl (C=O) groups is 1. The highest BCUT2D eigenvalue weighted by atomic mass is 16.5. The van der Waals surface area contributed by atoms with Crippen molar-refractivity contribution < 1.29 is 14.3 Å². The lowest BCUT2D eigenvalue weighted by molar-refractivity contribution is -0.135. The summed E-state index contributed by atoms with van der Waals surface area (Å²) in [4.78, 5) is 18.2. The normalized spacial score (nSPS) is 16.8. The minimum atomic E-state index is -0.306. The third-order valence-electron chi connectivity index (χ3n) is 3.03. The van der Waals surface area contributed by atoms with Crippen molar-refractivity contribution in [2.45, 2.75) is 13.0 Å². The molecule has 1 aromatic heterocycles. The summed E-state index contributed by atoms with van der Waals surface area (Å²) in [5, 5.41) is 3.09. The van der Waals surface area contributed by atoms with Gasteiger partial charge in [0.25, 0.3) is 0 Å². The fourth-order valence-corrected chi connectivity index (χ4v) is 1.93. The molecule has 6 nitrogen and oxygen atoms in total. The topological polar surface area (TPSA) is 63.7 Å². The Bertz CT molecular complexity index is 416. The molecule has 1 saturated heterocycles. The van der Waals surface area contributed by atoms with Crippen LogP contribution in [0.3, 0.4) is 0 Å². The highest BCUT2D eigenvalue weighted by Gasteiger charge is 2.22.